The Kier molecular flexibility index (Phi) is 3.54. The van der Waals surface area contributed by atoms with E-state index in [1.165, 1.54) is 16.8 Å². The van der Waals surface area contributed by atoms with E-state index in [9.17, 15) is 4.39 Å². The van der Waals surface area contributed by atoms with Gasteiger partial charge in [0.15, 0.2) is 0 Å². The van der Waals surface area contributed by atoms with E-state index in [0.29, 0.717) is 5.56 Å². The quantitative estimate of drug-likeness (QED) is 0.335. The van der Waals surface area contributed by atoms with Crippen LogP contribution in [0.5, 0.6) is 0 Å². The zero-order chi connectivity index (χ0) is 17.5. The standard InChI is InChI=1S/C23H14FNS/c24-20-8-4-3-7-19(20)21-14-18-11-12-25-22(23(18)26-21)17-10-9-15-5-1-2-6-16(15)13-17/h1-14H. The summed E-state index contributed by atoms with van der Waals surface area (Å²) < 4.78 is 15.3. The number of halogens is 1. The molecule has 0 saturated heterocycles. The van der Waals surface area contributed by atoms with Crippen LogP contribution in [0.3, 0.4) is 0 Å². The van der Waals surface area contributed by atoms with Crippen molar-refractivity contribution in [3.63, 3.8) is 0 Å². The van der Waals surface area contributed by atoms with Crippen LogP contribution in [0.15, 0.2) is 85.1 Å². The van der Waals surface area contributed by atoms with Gasteiger partial charge in [-0.2, -0.15) is 0 Å². The Hall–Kier alpha value is -3.04. The molecule has 0 saturated carbocycles. The first-order valence-corrected chi connectivity index (χ1v) is 9.24. The molecule has 0 spiro atoms. The van der Waals surface area contributed by atoms with Gasteiger partial charge in [-0.25, -0.2) is 4.39 Å². The highest BCUT2D eigenvalue weighted by atomic mass is 32.1. The van der Waals surface area contributed by atoms with E-state index >= 15 is 0 Å². The fourth-order valence-electron chi connectivity index (χ4n) is 3.30. The zero-order valence-corrected chi connectivity index (χ0v) is 14.6. The summed E-state index contributed by atoms with van der Waals surface area (Å²) in [7, 11) is 0. The van der Waals surface area contributed by atoms with Crippen LogP contribution in [0, 0.1) is 5.82 Å². The minimum Gasteiger partial charge on any atom is -0.255 e. The highest BCUT2D eigenvalue weighted by Crippen LogP contribution is 2.39. The lowest BCUT2D eigenvalue weighted by atomic mass is 10.0. The number of thiophene rings is 1. The van der Waals surface area contributed by atoms with E-state index in [4.69, 9.17) is 0 Å². The summed E-state index contributed by atoms with van der Waals surface area (Å²) in [5.41, 5.74) is 2.66. The predicted molar refractivity (Wildman–Crippen MR) is 108 cm³/mol. The molecule has 1 nitrogen and oxygen atoms in total. The number of aromatic nitrogens is 1. The second-order valence-corrected chi connectivity index (χ2v) is 7.28. The number of fused-ring (bicyclic) bond motifs is 2. The van der Waals surface area contributed by atoms with Gasteiger partial charge in [-0.15, -0.1) is 11.3 Å². The van der Waals surface area contributed by atoms with Gasteiger partial charge in [0.25, 0.3) is 0 Å². The Morgan fingerprint density at radius 1 is 0.731 bits per heavy atom. The molecule has 0 unspecified atom stereocenters. The monoisotopic (exact) mass is 355 g/mol. The van der Waals surface area contributed by atoms with Crippen LogP contribution in [-0.2, 0) is 0 Å². The third-order valence-electron chi connectivity index (χ3n) is 4.60. The number of hydrogen-bond acceptors (Lipinski definition) is 2. The van der Waals surface area contributed by atoms with Crippen molar-refractivity contribution in [2.45, 2.75) is 0 Å². The van der Waals surface area contributed by atoms with Crippen molar-refractivity contribution in [3.05, 3.63) is 90.9 Å². The lowest BCUT2D eigenvalue weighted by molar-refractivity contribution is 0.632. The summed E-state index contributed by atoms with van der Waals surface area (Å²) in [6, 6.07) is 25.6. The minimum atomic E-state index is -0.195. The molecule has 0 bridgehead atoms. The van der Waals surface area contributed by atoms with Crippen molar-refractivity contribution in [2.75, 3.05) is 0 Å². The maximum Gasteiger partial charge on any atom is 0.131 e. The molecule has 0 radical (unpaired) electrons. The SMILES string of the molecule is Fc1ccccc1-c1cc2ccnc(-c3ccc4ccccc4c3)c2s1. The Labute approximate surface area is 154 Å². The van der Waals surface area contributed by atoms with E-state index in [-0.39, 0.29) is 5.82 Å². The lowest BCUT2D eigenvalue weighted by Crippen LogP contribution is -1.83. The topological polar surface area (TPSA) is 12.9 Å². The molecule has 0 aliphatic heterocycles. The van der Waals surface area contributed by atoms with Gasteiger partial charge in [-0.05, 0) is 40.4 Å². The van der Waals surface area contributed by atoms with Crippen LogP contribution < -0.4 is 0 Å². The Morgan fingerprint density at radius 2 is 1.54 bits per heavy atom. The lowest BCUT2D eigenvalue weighted by Gasteiger charge is -2.04. The highest BCUT2D eigenvalue weighted by molar-refractivity contribution is 7.22. The third-order valence-corrected chi connectivity index (χ3v) is 5.79. The second kappa shape index (κ2) is 6.04. The van der Waals surface area contributed by atoms with Crippen LogP contribution in [-0.4, -0.2) is 4.98 Å². The maximum atomic E-state index is 14.2. The molecule has 5 rings (SSSR count). The van der Waals surface area contributed by atoms with Gasteiger partial charge in [0.05, 0.1) is 10.4 Å². The Morgan fingerprint density at radius 3 is 2.42 bits per heavy atom. The van der Waals surface area contributed by atoms with E-state index in [0.717, 1.165) is 26.2 Å². The average Bonchev–Trinajstić information content (AvgIpc) is 3.12. The number of pyridine rings is 1. The first-order chi connectivity index (χ1) is 12.8. The van der Waals surface area contributed by atoms with Crippen molar-refractivity contribution in [1.82, 2.24) is 4.98 Å². The Bertz CT molecular complexity index is 1260. The van der Waals surface area contributed by atoms with Crippen LogP contribution >= 0.6 is 11.3 Å². The molecule has 0 atom stereocenters. The molecule has 26 heavy (non-hydrogen) atoms. The fourth-order valence-corrected chi connectivity index (χ4v) is 4.49. The van der Waals surface area contributed by atoms with E-state index < -0.39 is 0 Å². The molecule has 2 heterocycles. The van der Waals surface area contributed by atoms with E-state index in [1.807, 2.05) is 42.6 Å². The number of rotatable bonds is 2. The molecule has 3 aromatic carbocycles. The molecule has 0 aliphatic rings. The largest absolute Gasteiger partial charge is 0.255 e. The maximum absolute atomic E-state index is 14.2. The summed E-state index contributed by atoms with van der Waals surface area (Å²) in [5, 5.41) is 3.49. The van der Waals surface area contributed by atoms with Gasteiger partial charge in [0.1, 0.15) is 5.82 Å². The number of hydrogen-bond donors (Lipinski definition) is 0. The first-order valence-electron chi connectivity index (χ1n) is 8.42. The highest BCUT2D eigenvalue weighted by Gasteiger charge is 2.13. The van der Waals surface area contributed by atoms with E-state index in [2.05, 4.69) is 35.3 Å². The van der Waals surface area contributed by atoms with Crippen molar-refractivity contribution in [1.29, 1.82) is 0 Å². The number of benzene rings is 3. The molecule has 5 aromatic rings. The fraction of sp³-hybridized carbons (Fsp3) is 0. The molecular formula is C23H14FNS. The van der Waals surface area contributed by atoms with Gasteiger partial charge < -0.3 is 0 Å². The molecule has 0 N–H and O–H groups in total. The molecule has 0 fully saturated rings. The van der Waals surface area contributed by atoms with Crippen LogP contribution in [0.2, 0.25) is 0 Å². The van der Waals surface area contributed by atoms with Crippen molar-refractivity contribution >= 4 is 32.2 Å². The average molecular weight is 355 g/mol. The zero-order valence-electron chi connectivity index (χ0n) is 13.8. The van der Waals surface area contributed by atoms with Crippen molar-refractivity contribution < 1.29 is 4.39 Å². The molecule has 124 valence electrons. The third kappa shape index (κ3) is 2.49. The smallest absolute Gasteiger partial charge is 0.131 e. The summed E-state index contributed by atoms with van der Waals surface area (Å²) in [5.74, 6) is -0.195. The first kappa shape index (κ1) is 15.2. The molecular weight excluding hydrogens is 341 g/mol. The molecule has 0 aliphatic carbocycles. The predicted octanol–water partition coefficient (Wildman–Crippen LogP) is 6.92. The molecule has 3 heteroatoms. The van der Waals surface area contributed by atoms with Gasteiger partial charge in [0, 0.05) is 22.2 Å². The van der Waals surface area contributed by atoms with E-state index in [1.54, 1.807) is 17.4 Å². The minimum absolute atomic E-state index is 0.195. The molecule has 2 aromatic heterocycles. The summed E-state index contributed by atoms with van der Waals surface area (Å²) >= 11 is 1.59. The van der Waals surface area contributed by atoms with Crippen LogP contribution in [0.1, 0.15) is 0 Å². The van der Waals surface area contributed by atoms with Crippen molar-refractivity contribution in [2.24, 2.45) is 0 Å². The molecule has 0 amide bonds. The van der Waals surface area contributed by atoms with Crippen molar-refractivity contribution in [3.8, 4) is 21.7 Å². The van der Waals surface area contributed by atoms with Gasteiger partial charge in [-0.1, -0.05) is 54.6 Å². The van der Waals surface area contributed by atoms with Crippen LogP contribution in [0.25, 0.3) is 42.6 Å². The Balaban J connectivity index is 1.72. The van der Waals surface area contributed by atoms with Gasteiger partial charge in [0.2, 0.25) is 0 Å². The summed E-state index contributed by atoms with van der Waals surface area (Å²) in [6.07, 6.45) is 1.82. The van der Waals surface area contributed by atoms with Gasteiger partial charge >= 0.3 is 0 Å². The number of nitrogens with zero attached hydrogens (tertiary/aromatic N) is 1. The summed E-state index contributed by atoms with van der Waals surface area (Å²) in [6.45, 7) is 0. The van der Waals surface area contributed by atoms with Crippen LogP contribution in [0.4, 0.5) is 4.39 Å². The van der Waals surface area contributed by atoms with Gasteiger partial charge in [-0.3, -0.25) is 4.98 Å². The normalized spacial score (nSPS) is 11.3. The summed E-state index contributed by atoms with van der Waals surface area (Å²) in [4.78, 5) is 5.55. The second-order valence-electron chi connectivity index (χ2n) is 6.23.